The van der Waals surface area contributed by atoms with Crippen LogP contribution in [0.5, 0.6) is 17.4 Å². The molecule has 2 heterocycles. The van der Waals surface area contributed by atoms with Gasteiger partial charge in [-0.3, -0.25) is 5.43 Å². The van der Waals surface area contributed by atoms with Crippen LogP contribution in [0, 0.1) is 0 Å². The first kappa shape index (κ1) is 19.1. The molecule has 144 valence electrons. The van der Waals surface area contributed by atoms with Crippen LogP contribution in [0.2, 0.25) is 0 Å². The van der Waals surface area contributed by atoms with E-state index in [1.807, 2.05) is 0 Å². The quantitative estimate of drug-likeness (QED) is 0.353. The van der Waals surface area contributed by atoms with Crippen LogP contribution in [-0.4, -0.2) is 36.4 Å². The molecule has 28 heavy (non-hydrogen) atoms. The molecule has 3 N–H and O–H groups in total. The molecule has 0 bridgehead atoms. The van der Waals surface area contributed by atoms with Crippen LogP contribution >= 0.6 is 11.3 Å². The lowest BCUT2D eigenvalue weighted by Crippen LogP contribution is -2.02. The molecule has 0 unspecified atom stereocenters. The molecule has 0 amide bonds. The van der Waals surface area contributed by atoms with E-state index in [9.17, 15) is 4.79 Å². The molecular formula is C18H17N5O4S. The monoisotopic (exact) mass is 399 g/mol. The maximum Gasteiger partial charge on any atom is 0.338 e. The van der Waals surface area contributed by atoms with Crippen LogP contribution in [0.15, 0.2) is 47.0 Å². The van der Waals surface area contributed by atoms with E-state index in [2.05, 4.69) is 20.5 Å². The van der Waals surface area contributed by atoms with E-state index >= 15 is 0 Å². The normalized spacial score (nSPS) is 10.6. The molecule has 9 nitrogen and oxygen atoms in total. The van der Waals surface area contributed by atoms with Crippen molar-refractivity contribution in [2.75, 3.05) is 25.4 Å². The van der Waals surface area contributed by atoms with Crippen molar-refractivity contribution in [3.63, 3.8) is 0 Å². The molecular weight excluding hydrogens is 382 g/mol. The number of nitrogens with one attached hydrogen (secondary N) is 1. The van der Waals surface area contributed by atoms with Crippen molar-refractivity contribution in [1.82, 2.24) is 9.97 Å². The molecule has 1 aromatic carbocycles. The Morgan fingerprint density at radius 1 is 1.25 bits per heavy atom. The SMILES string of the molecule is COC(=O)c1ccnc(Oc2ccc(C=NNc3nc(N)cs3)cc2OC)c1. The Kier molecular flexibility index (Phi) is 6.02. The van der Waals surface area contributed by atoms with E-state index in [4.69, 9.17) is 19.9 Å². The lowest BCUT2D eigenvalue weighted by atomic mass is 10.2. The molecule has 0 fully saturated rings. The summed E-state index contributed by atoms with van der Waals surface area (Å²) >= 11 is 1.36. The Labute approximate surface area is 164 Å². The first-order valence-electron chi connectivity index (χ1n) is 7.99. The fourth-order valence-corrected chi connectivity index (χ4v) is 2.72. The molecule has 0 saturated carbocycles. The zero-order valence-electron chi connectivity index (χ0n) is 15.1. The van der Waals surface area contributed by atoms with Crippen LogP contribution in [0.3, 0.4) is 0 Å². The summed E-state index contributed by atoms with van der Waals surface area (Å²) in [5, 5.41) is 6.43. The van der Waals surface area contributed by atoms with Gasteiger partial charge in [-0.15, -0.1) is 11.3 Å². The van der Waals surface area contributed by atoms with Gasteiger partial charge in [0.25, 0.3) is 0 Å². The first-order chi connectivity index (χ1) is 13.6. The summed E-state index contributed by atoms with van der Waals surface area (Å²) in [4.78, 5) is 19.8. The highest BCUT2D eigenvalue weighted by Crippen LogP contribution is 2.31. The standard InChI is InChI=1S/C18H17N5O4S/c1-25-14-7-11(9-21-23-18-22-15(19)10-28-18)3-4-13(14)27-16-8-12(5-6-20-16)17(24)26-2/h3-10H,19H2,1-2H3,(H,22,23). The van der Waals surface area contributed by atoms with Gasteiger partial charge in [-0.2, -0.15) is 5.10 Å². The van der Waals surface area contributed by atoms with E-state index < -0.39 is 5.97 Å². The number of hydrogen-bond donors (Lipinski definition) is 2. The third kappa shape index (κ3) is 4.74. The highest BCUT2D eigenvalue weighted by Gasteiger charge is 2.11. The fraction of sp³-hybridized carbons (Fsp3) is 0.111. The Morgan fingerprint density at radius 2 is 2.11 bits per heavy atom. The number of anilines is 2. The van der Waals surface area contributed by atoms with Crippen molar-refractivity contribution < 1.29 is 19.0 Å². The molecule has 3 rings (SSSR count). The van der Waals surface area contributed by atoms with Gasteiger partial charge in [-0.1, -0.05) is 0 Å². The zero-order chi connectivity index (χ0) is 19.9. The summed E-state index contributed by atoms with van der Waals surface area (Å²) in [5.41, 5.74) is 9.47. The number of pyridine rings is 1. The Balaban J connectivity index is 1.73. The summed E-state index contributed by atoms with van der Waals surface area (Å²) < 4.78 is 15.8. The second-order valence-corrected chi connectivity index (χ2v) is 6.19. The second kappa shape index (κ2) is 8.82. The molecule has 0 saturated heterocycles. The minimum absolute atomic E-state index is 0.241. The number of hydrazone groups is 1. The topological polar surface area (TPSA) is 121 Å². The molecule has 0 aliphatic carbocycles. The number of esters is 1. The maximum absolute atomic E-state index is 11.6. The summed E-state index contributed by atoms with van der Waals surface area (Å²) in [7, 11) is 2.84. The smallest absolute Gasteiger partial charge is 0.338 e. The van der Waals surface area contributed by atoms with Crippen molar-refractivity contribution in [2.45, 2.75) is 0 Å². The number of rotatable bonds is 7. The molecule has 2 aromatic heterocycles. The molecule has 0 radical (unpaired) electrons. The Bertz CT molecular complexity index is 1010. The van der Waals surface area contributed by atoms with Crippen molar-refractivity contribution in [3.05, 3.63) is 53.0 Å². The van der Waals surface area contributed by atoms with Crippen LogP contribution in [-0.2, 0) is 4.74 Å². The van der Waals surface area contributed by atoms with Gasteiger partial charge < -0.3 is 19.9 Å². The Morgan fingerprint density at radius 3 is 2.82 bits per heavy atom. The molecule has 0 aliphatic heterocycles. The predicted molar refractivity (Wildman–Crippen MR) is 106 cm³/mol. The number of carbonyl (C=O) groups is 1. The second-order valence-electron chi connectivity index (χ2n) is 5.33. The van der Waals surface area contributed by atoms with Crippen molar-refractivity contribution in [1.29, 1.82) is 0 Å². The van der Waals surface area contributed by atoms with E-state index in [-0.39, 0.29) is 5.88 Å². The summed E-state index contributed by atoms with van der Waals surface area (Å²) in [5.74, 6) is 1.13. The van der Waals surface area contributed by atoms with E-state index in [1.165, 1.54) is 37.8 Å². The van der Waals surface area contributed by atoms with Gasteiger partial charge in [0.2, 0.25) is 11.0 Å². The summed E-state index contributed by atoms with van der Waals surface area (Å²) in [6.45, 7) is 0. The number of thiazole rings is 1. The Hall–Kier alpha value is -3.66. The average molecular weight is 399 g/mol. The number of carbonyl (C=O) groups excluding carboxylic acids is 1. The van der Waals surface area contributed by atoms with Gasteiger partial charge in [0.05, 0.1) is 26.0 Å². The zero-order valence-corrected chi connectivity index (χ0v) is 15.9. The highest BCUT2D eigenvalue weighted by molar-refractivity contribution is 7.14. The minimum Gasteiger partial charge on any atom is -0.493 e. The van der Waals surface area contributed by atoms with Gasteiger partial charge in [0.1, 0.15) is 5.82 Å². The molecule has 3 aromatic rings. The molecule has 10 heteroatoms. The largest absolute Gasteiger partial charge is 0.493 e. The molecule has 0 atom stereocenters. The van der Waals surface area contributed by atoms with Crippen molar-refractivity contribution >= 4 is 34.5 Å². The van der Waals surface area contributed by atoms with Gasteiger partial charge in [0.15, 0.2) is 11.5 Å². The van der Waals surface area contributed by atoms with Crippen LogP contribution < -0.4 is 20.6 Å². The van der Waals surface area contributed by atoms with E-state index in [0.717, 1.165) is 5.56 Å². The number of ether oxygens (including phenoxy) is 3. The molecule has 0 spiro atoms. The number of nitrogens with two attached hydrogens (primary N) is 1. The van der Waals surface area contributed by atoms with E-state index in [0.29, 0.717) is 28.0 Å². The van der Waals surface area contributed by atoms with Crippen LogP contribution in [0.4, 0.5) is 10.9 Å². The lowest BCUT2D eigenvalue weighted by Gasteiger charge is -2.10. The minimum atomic E-state index is -0.472. The summed E-state index contributed by atoms with van der Waals surface area (Å²) in [6.07, 6.45) is 3.08. The van der Waals surface area contributed by atoms with Crippen molar-refractivity contribution in [3.8, 4) is 17.4 Å². The summed E-state index contributed by atoms with van der Waals surface area (Å²) in [6, 6.07) is 8.29. The third-order valence-corrected chi connectivity index (χ3v) is 4.22. The van der Waals surface area contributed by atoms with Gasteiger partial charge in [-0.05, 0) is 29.8 Å². The van der Waals surface area contributed by atoms with Gasteiger partial charge in [-0.25, -0.2) is 14.8 Å². The highest BCUT2D eigenvalue weighted by atomic mass is 32.1. The van der Waals surface area contributed by atoms with E-state index in [1.54, 1.807) is 35.9 Å². The van der Waals surface area contributed by atoms with Gasteiger partial charge in [0, 0.05) is 17.6 Å². The first-order valence-corrected chi connectivity index (χ1v) is 8.87. The third-order valence-electron chi connectivity index (χ3n) is 3.45. The number of nitrogens with zero attached hydrogens (tertiary/aromatic N) is 3. The van der Waals surface area contributed by atoms with Crippen LogP contribution in [0.1, 0.15) is 15.9 Å². The van der Waals surface area contributed by atoms with Crippen molar-refractivity contribution in [2.24, 2.45) is 5.10 Å². The fourth-order valence-electron chi connectivity index (χ4n) is 2.17. The average Bonchev–Trinajstić information content (AvgIpc) is 3.13. The maximum atomic E-state index is 11.6. The predicted octanol–water partition coefficient (Wildman–Crippen LogP) is 3.15. The lowest BCUT2D eigenvalue weighted by molar-refractivity contribution is 0.0600. The number of methoxy groups -OCH3 is 2. The van der Waals surface area contributed by atoms with Gasteiger partial charge >= 0.3 is 5.97 Å². The molecule has 0 aliphatic rings. The number of hydrogen-bond acceptors (Lipinski definition) is 10. The number of nitrogen functional groups attached to an aromatic ring is 1. The van der Waals surface area contributed by atoms with Crippen LogP contribution in [0.25, 0.3) is 0 Å². The number of benzene rings is 1. The number of aromatic nitrogens is 2.